The van der Waals surface area contributed by atoms with Gasteiger partial charge in [-0.05, 0) is 31.9 Å². The van der Waals surface area contributed by atoms with Crippen LogP contribution in [0.4, 0.5) is 0 Å². The predicted octanol–water partition coefficient (Wildman–Crippen LogP) is 5.48. The summed E-state index contributed by atoms with van der Waals surface area (Å²) in [5, 5.41) is 3.73. The van der Waals surface area contributed by atoms with Gasteiger partial charge in [0.25, 0.3) is 0 Å². The Morgan fingerprint density at radius 2 is 1.78 bits per heavy atom. The van der Waals surface area contributed by atoms with E-state index >= 15 is 0 Å². The van der Waals surface area contributed by atoms with E-state index in [1.807, 2.05) is 13.0 Å². The molecule has 0 bridgehead atoms. The first-order chi connectivity index (χ1) is 10.7. The van der Waals surface area contributed by atoms with Gasteiger partial charge in [0.2, 0.25) is 0 Å². The number of hydrogen-bond acceptors (Lipinski definition) is 3. The Morgan fingerprint density at radius 3 is 2.39 bits per heavy atom. The number of methoxy groups -OCH3 is 1. The van der Waals surface area contributed by atoms with Gasteiger partial charge in [-0.25, -0.2) is 0 Å². The Kier molecular flexibility index (Phi) is 10.00. The Morgan fingerprint density at radius 1 is 1.13 bits per heavy atom. The first-order valence-corrected chi connectivity index (χ1v) is 9.26. The minimum absolute atomic E-state index is 0. The van der Waals surface area contributed by atoms with Crippen molar-refractivity contribution in [3.8, 4) is 11.5 Å². The SMILES string of the molecule is CCOc1c(CNC2CCCCCCC2)cc(Br)cc1OC.Cl. The molecule has 0 aromatic heterocycles. The smallest absolute Gasteiger partial charge is 0.165 e. The number of rotatable bonds is 6. The molecule has 0 heterocycles. The van der Waals surface area contributed by atoms with Crippen LogP contribution in [0.2, 0.25) is 0 Å². The molecule has 1 aromatic carbocycles. The van der Waals surface area contributed by atoms with Gasteiger partial charge in [-0.2, -0.15) is 0 Å². The van der Waals surface area contributed by atoms with Crippen LogP contribution in [-0.2, 0) is 6.54 Å². The summed E-state index contributed by atoms with van der Waals surface area (Å²) < 4.78 is 12.3. The standard InChI is InChI=1S/C18H28BrNO2.ClH/c1-3-22-18-14(11-15(19)12-17(18)21-2)13-20-16-9-7-5-4-6-8-10-16;/h11-12,16,20H,3-10,13H2,1-2H3;1H. The molecule has 23 heavy (non-hydrogen) atoms. The van der Waals surface area contributed by atoms with Gasteiger partial charge in [0, 0.05) is 22.6 Å². The van der Waals surface area contributed by atoms with Crippen LogP contribution in [0.3, 0.4) is 0 Å². The maximum atomic E-state index is 5.81. The molecule has 0 aliphatic heterocycles. The van der Waals surface area contributed by atoms with Crippen molar-refractivity contribution < 1.29 is 9.47 Å². The van der Waals surface area contributed by atoms with Crippen LogP contribution in [-0.4, -0.2) is 19.8 Å². The van der Waals surface area contributed by atoms with E-state index in [0.29, 0.717) is 12.6 Å². The lowest BCUT2D eigenvalue weighted by molar-refractivity contribution is 0.304. The van der Waals surface area contributed by atoms with Gasteiger partial charge < -0.3 is 14.8 Å². The van der Waals surface area contributed by atoms with Crippen molar-refractivity contribution in [2.45, 2.75) is 64.5 Å². The molecule has 1 fully saturated rings. The van der Waals surface area contributed by atoms with E-state index in [9.17, 15) is 0 Å². The van der Waals surface area contributed by atoms with Gasteiger partial charge in [-0.15, -0.1) is 12.4 Å². The molecule has 1 aliphatic rings. The fraction of sp³-hybridized carbons (Fsp3) is 0.667. The van der Waals surface area contributed by atoms with E-state index in [2.05, 4.69) is 27.3 Å². The van der Waals surface area contributed by atoms with Gasteiger partial charge in [0.15, 0.2) is 11.5 Å². The van der Waals surface area contributed by atoms with E-state index in [0.717, 1.165) is 28.1 Å². The van der Waals surface area contributed by atoms with Crippen LogP contribution in [0, 0.1) is 0 Å². The summed E-state index contributed by atoms with van der Waals surface area (Å²) in [5.41, 5.74) is 1.16. The zero-order chi connectivity index (χ0) is 15.8. The minimum atomic E-state index is 0. The molecule has 0 spiro atoms. The molecule has 0 atom stereocenters. The molecule has 132 valence electrons. The van der Waals surface area contributed by atoms with Crippen molar-refractivity contribution >= 4 is 28.3 Å². The molecule has 1 N–H and O–H groups in total. The van der Waals surface area contributed by atoms with Crippen LogP contribution in [0.25, 0.3) is 0 Å². The summed E-state index contributed by atoms with van der Waals surface area (Å²) in [5.74, 6) is 1.66. The second kappa shape index (κ2) is 11.2. The molecule has 3 nitrogen and oxygen atoms in total. The van der Waals surface area contributed by atoms with Crippen molar-refractivity contribution in [3.05, 3.63) is 22.2 Å². The first-order valence-electron chi connectivity index (χ1n) is 8.47. The third-order valence-corrected chi connectivity index (χ3v) is 4.75. The third kappa shape index (κ3) is 6.52. The number of halogens is 2. The van der Waals surface area contributed by atoms with E-state index in [4.69, 9.17) is 9.47 Å². The third-order valence-electron chi connectivity index (χ3n) is 4.29. The van der Waals surface area contributed by atoms with Crippen LogP contribution in [0.1, 0.15) is 57.4 Å². The van der Waals surface area contributed by atoms with Crippen LogP contribution >= 0.6 is 28.3 Å². The van der Waals surface area contributed by atoms with Crippen molar-refractivity contribution in [1.82, 2.24) is 5.32 Å². The number of hydrogen-bond donors (Lipinski definition) is 1. The Balaban J connectivity index is 0.00000264. The van der Waals surface area contributed by atoms with Crippen molar-refractivity contribution in [1.29, 1.82) is 0 Å². The highest BCUT2D eigenvalue weighted by Gasteiger charge is 2.15. The van der Waals surface area contributed by atoms with Crippen molar-refractivity contribution in [3.63, 3.8) is 0 Å². The Hall–Kier alpha value is -0.450. The van der Waals surface area contributed by atoms with Crippen LogP contribution in [0.5, 0.6) is 11.5 Å². The lowest BCUT2D eigenvalue weighted by Crippen LogP contribution is -2.29. The fourth-order valence-electron chi connectivity index (χ4n) is 3.13. The lowest BCUT2D eigenvalue weighted by atomic mass is 9.96. The second-order valence-corrected chi connectivity index (χ2v) is 6.87. The summed E-state index contributed by atoms with van der Waals surface area (Å²) in [6, 6.07) is 4.72. The minimum Gasteiger partial charge on any atom is -0.493 e. The monoisotopic (exact) mass is 405 g/mol. The molecule has 0 unspecified atom stereocenters. The summed E-state index contributed by atoms with van der Waals surface area (Å²) in [6.07, 6.45) is 9.43. The van der Waals surface area contributed by atoms with Gasteiger partial charge in [-0.1, -0.05) is 48.0 Å². The number of nitrogens with one attached hydrogen (secondary N) is 1. The molecular formula is C18H29BrClNO2. The van der Waals surface area contributed by atoms with Crippen molar-refractivity contribution in [2.75, 3.05) is 13.7 Å². The zero-order valence-electron chi connectivity index (χ0n) is 14.2. The highest BCUT2D eigenvalue weighted by molar-refractivity contribution is 9.10. The normalized spacial score (nSPS) is 16.1. The van der Waals surface area contributed by atoms with Crippen molar-refractivity contribution in [2.24, 2.45) is 0 Å². The zero-order valence-corrected chi connectivity index (χ0v) is 16.6. The molecular weight excluding hydrogens is 378 g/mol. The van der Waals surface area contributed by atoms with Gasteiger partial charge in [0.1, 0.15) is 0 Å². The second-order valence-electron chi connectivity index (χ2n) is 5.95. The number of benzene rings is 1. The quantitative estimate of drug-likeness (QED) is 0.678. The maximum absolute atomic E-state index is 5.81. The van der Waals surface area contributed by atoms with E-state index in [-0.39, 0.29) is 12.4 Å². The molecule has 5 heteroatoms. The molecule has 1 saturated carbocycles. The van der Waals surface area contributed by atoms with Gasteiger partial charge >= 0.3 is 0 Å². The van der Waals surface area contributed by atoms with Gasteiger partial charge in [-0.3, -0.25) is 0 Å². The lowest BCUT2D eigenvalue weighted by Gasteiger charge is -2.22. The van der Waals surface area contributed by atoms with Crippen LogP contribution in [0.15, 0.2) is 16.6 Å². The van der Waals surface area contributed by atoms with Gasteiger partial charge in [0.05, 0.1) is 13.7 Å². The topological polar surface area (TPSA) is 30.5 Å². The first kappa shape index (κ1) is 20.6. The molecule has 0 radical (unpaired) electrons. The van der Waals surface area contributed by atoms with E-state index in [1.54, 1.807) is 7.11 Å². The molecule has 0 amide bonds. The molecule has 2 rings (SSSR count). The molecule has 1 aliphatic carbocycles. The predicted molar refractivity (Wildman–Crippen MR) is 102 cm³/mol. The largest absolute Gasteiger partial charge is 0.493 e. The maximum Gasteiger partial charge on any atom is 0.165 e. The average Bonchev–Trinajstić information content (AvgIpc) is 2.48. The Bertz CT molecular complexity index is 463. The number of ether oxygens (including phenoxy) is 2. The molecule has 1 aromatic rings. The summed E-state index contributed by atoms with van der Waals surface area (Å²) in [7, 11) is 1.69. The average molecular weight is 407 g/mol. The summed E-state index contributed by atoms with van der Waals surface area (Å²) in [6.45, 7) is 3.48. The highest BCUT2D eigenvalue weighted by atomic mass is 79.9. The Labute approximate surface area is 155 Å². The van der Waals surface area contributed by atoms with E-state index in [1.165, 1.54) is 44.9 Å². The van der Waals surface area contributed by atoms with E-state index < -0.39 is 0 Å². The summed E-state index contributed by atoms with van der Waals surface area (Å²) in [4.78, 5) is 0. The van der Waals surface area contributed by atoms with Crippen LogP contribution < -0.4 is 14.8 Å². The molecule has 0 saturated heterocycles. The fourth-order valence-corrected chi connectivity index (χ4v) is 3.61. The highest BCUT2D eigenvalue weighted by Crippen LogP contribution is 2.35. The summed E-state index contributed by atoms with van der Waals surface area (Å²) >= 11 is 3.56.